The van der Waals surface area contributed by atoms with Crippen LogP contribution in [0.4, 0.5) is 5.82 Å². The summed E-state index contributed by atoms with van der Waals surface area (Å²) in [7, 11) is 1.69. The Morgan fingerprint density at radius 1 is 1.58 bits per heavy atom. The standard InChI is InChI=1S/C14H19N3O2/c1-10-6-11(2)17-13(12(10)7-15)16-8-14(18-3)4-5-19-9-14/h6H,4-5,8-9H2,1-3H3,(H,16,17). The van der Waals surface area contributed by atoms with Crippen molar-refractivity contribution in [2.75, 3.05) is 32.2 Å². The third-order valence-electron chi connectivity index (χ3n) is 3.53. The second kappa shape index (κ2) is 5.55. The molecule has 0 amide bonds. The third-order valence-corrected chi connectivity index (χ3v) is 3.53. The van der Waals surface area contributed by atoms with Gasteiger partial charge in [-0.3, -0.25) is 0 Å². The van der Waals surface area contributed by atoms with Gasteiger partial charge in [0.1, 0.15) is 17.5 Å². The molecule has 0 radical (unpaired) electrons. The first-order chi connectivity index (χ1) is 9.10. The van der Waals surface area contributed by atoms with Crippen LogP contribution < -0.4 is 5.32 Å². The van der Waals surface area contributed by atoms with Gasteiger partial charge >= 0.3 is 0 Å². The first kappa shape index (κ1) is 13.8. The molecular formula is C14H19N3O2. The van der Waals surface area contributed by atoms with Crippen molar-refractivity contribution in [3.05, 3.63) is 22.9 Å². The largest absolute Gasteiger partial charge is 0.378 e. The van der Waals surface area contributed by atoms with Crippen molar-refractivity contribution in [1.29, 1.82) is 5.26 Å². The fraction of sp³-hybridized carbons (Fsp3) is 0.571. The highest BCUT2D eigenvalue weighted by atomic mass is 16.5. The van der Waals surface area contributed by atoms with Gasteiger partial charge in [-0.25, -0.2) is 4.98 Å². The van der Waals surface area contributed by atoms with Crippen molar-refractivity contribution in [3.8, 4) is 6.07 Å². The molecule has 102 valence electrons. The molecule has 1 fully saturated rings. The van der Waals surface area contributed by atoms with Gasteiger partial charge in [0.05, 0.1) is 12.2 Å². The maximum atomic E-state index is 9.22. The van der Waals surface area contributed by atoms with Crippen LogP contribution >= 0.6 is 0 Å². The number of hydrogen-bond acceptors (Lipinski definition) is 5. The smallest absolute Gasteiger partial charge is 0.144 e. The van der Waals surface area contributed by atoms with E-state index < -0.39 is 0 Å². The minimum absolute atomic E-state index is 0.313. The maximum Gasteiger partial charge on any atom is 0.144 e. The van der Waals surface area contributed by atoms with E-state index in [1.165, 1.54) is 0 Å². The van der Waals surface area contributed by atoms with Gasteiger partial charge in [0.15, 0.2) is 0 Å². The van der Waals surface area contributed by atoms with Gasteiger partial charge in [0, 0.05) is 32.4 Å². The normalized spacial score (nSPS) is 22.2. The predicted molar refractivity (Wildman–Crippen MR) is 72.1 cm³/mol. The van der Waals surface area contributed by atoms with Crippen LogP contribution in [0.2, 0.25) is 0 Å². The first-order valence-corrected chi connectivity index (χ1v) is 6.35. The third kappa shape index (κ3) is 2.86. The number of ether oxygens (including phenoxy) is 2. The molecule has 1 aromatic heterocycles. The van der Waals surface area contributed by atoms with Crippen molar-refractivity contribution in [2.45, 2.75) is 25.9 Å². The van der Waals surface area contributed by atoms with E-state index >= 15 is 0 Å². The lowest BCUT2D eigenvalue weighted by Gasteiger charge is -2.26. The van der Waals surface area contributed by atoms with Crippen LogP contribution in [0, 0.1) is 25.2 Å². The molecule has 0 spiro atoms. The highest BCUT2D eigenvalue weighted by Crippen LogP contribution is 2.24. The average Bonchev–Trinajstić information content (AvgIpc) is 2.85. The molecule has 2 rings (SSSR count). The van der Waals surface area contributed by atoms with Crippen LogP contribution in [0.25, 0.3) is 0 Å². The Bertz CT molecular complexity index is 502. The van der Waals surface area contributed by atoms with Crippen LogP contribution in [0.15, 0.2) is 6.07 Å². The van der Waals surface area contributed by atoms with Gasteiger partial charge in [-0.15, -0.1) is 0 Å². The Morgan fingerprint density at radius 3 is 2.95 bits per heavy atom. The number of nitriles is 1. The van der Waals surface area contributed by atoms with Crippen molar-refractivity contribution in [2.24, 2.45) is 0 Å². The van der Waals surface area contributed by atoms with E-state index in [9.17, 15) is 5.26 Å². The molecule has 19 heavy (non-hydrogen) atoms. The molecule has 1 saturated heterocycles. The van der Waals surface area contributed by atoms with Crippen LogP contribution in [0.5, 0.6) is 0 Å². The summed E-state index contributed by atoms with van der Waals surface area (Å²) in [6, 6.07) is 4.11. The average molecular weight is 261 g/mol. The fourth-order valence-corrected chi connectivity index (χ4v) is 2.31. The lowest BCUT2D eigenvalue weighted by molar-refractivity contribution is -0.00625. The monoisotopic (exact) mass is 261 g/mol. The summed E-state index contributed by atoms with van der Waals surface area (Å²) >= 11 is 0. The lowest BCUT2D eigenvalue weighted by Crippen LogP contribution is -2.40. The molecule has 1 atom stereocenters. The molecule has 1 aliphatic heterocycles. The van der Waals surface area contributed by atoms with E-state index in [0.717, 1.165) is 17.7 Å². The van der Waals surface area contributed by atoms with Gasteiger partial charge in [-0.1, -0.05) is 0 Å². The number of aromatic nitrogens is 1. The summed E-state index contributed by atoms with van der Waals surface area (Å²) in [4.78, 5) is 4.40. The topological polar surface area (TPSA) is 67.2 Å². The number of nitrogens with one attached hydrogen (secondary N) is 1. The van der Waals surface area contributed by atoms with E-state index in [2.05, 4.69) is 16.4 Å². The van der Waals surface area contributed by atoms with Gasteiger partial charge in [-0.05, 0) is 25.5 Å². The molecule has 0 aromatic carbocycles. The number of rotatable bonds is 4. The molecule has 0 bridgehead atoms. The summed E-state index contributed by atoms with van der Waals surface area (Å²) in [5.74, 6) is 0.628. The molecule has 5 nitrogen and oxygen atoms in total. The van der Waals surface area contributed by atoms with Crippen LogP contribution in [0.3, 0.4) is 0 Å². The van der Waals surface area contributed by atoms with E-state index in [-0.39, 0.29) is 5.60 Å². The minimum Gasteiger partial charge on any atom is -0.378 e. The highest BCUT2D eigenvalue weighted by molar-refractivity contribution is 5.56. The van der Waals surface area contributed by atoms with Gasteiger partial charge < -0.3 is 14.8 Å². The number of anilines is 1. The molecule has 1 aliphatic rings. The minimum atomic E-state index is -0.313. The second-order valence-electron chi connectivity index (χ2n) is 4.96. The molecular weight excluding hydrogens is 242 g/mol. The SMILES string of the molecule is COC1(CNc2nc(C)cc(C)c2C#N)CCOC1. The molecule has 0 saturated carbocycles. The number of hydrogen-bond donors (Lipinski definition) is 1. The number of pyridine rings is 1. The molecule has 0 aliphatic carbocycles. The van der Waals surface area contributed by atoms with Crippen LogP contribution in [-0.4, -0.2) is 37.5 Å². The zero-order chi connectivity index (χ0) is 13.9. The van der Waals surface area contributed by atoms with E-state index in [0.29, 0.717) is 31.1 Å². The van der Waals surface area contributed by atoms with Crippen molar-refractivity contribution in [1.82, 2.24) is 4.98 Å². The summed E-state index contributed by atoms with van der Waals surface area (Å²) in [6.07, 6.45) is 0.850. The van der Waals surface area contributed by atoms with E-state index in [4.69, 9.17) is 9.47 Å². The maximum absolute atomic E-state index is 9.22. The molecule has 2 heterocycles. The summed E-state index contributed by atoms with van der Waals surface area (Å²) < 4.78 is 10.9. The van der Waals surface area contributed by atoms with Crippen LogP contribution in [-0.2, 0) is 9.47 Å². The lowest BCUT2D eigenvalue weighted by atomic mass is 10.0. The number of aryl methyl sites for hydroxylation is 2. The Kier molecular flexibility index (Phi) is 4.03. The Morgan fingerprint density at radius 2 is 2.37 bits per heavy atom. The molecule has 1 N–H and O–H groups in total. The fourth-order valence-electron chi connectivity index (χ4n) is 2.31. The number of nitrogens with zero attached hydrogens (tertiary/aromatic N) is 2. The predicted octanol–water partition coefficient (Wildman–Crippen LogP) is 1.79. The van der Waals surface area contributed by atoms with Crippen molar-refractivity contribution >= 4 is 5.82 Å². The molecule has 1 aromatic rings. The highest BCUT2D eigenvalue weighted by Gasteiger charge is 2.35. The van der Waals surface area contributed by atoms with Crippen molar-refractivity contribution < 1.29 is 9.47 Å². The van der Waals surface area contributed by atoms with Gasteiger partial charge in [-0.2, -0.15) is 5.26 Å². The second-order valence-corrected chi connectivity index (χ2v) is 4.96. The van der Waals surface area contributed by atoms with E-state index in [1.807, 2.05) is 19.9 Å². The Labute approximate surface area is 113 Å². The van der Waals surface area contributed by atoms with Crippen molar-refractivity contribution in [3.63, 3.8) is 0 Å². The zero-order valence-corrected chi connectivity index (χ0v) is 11.6. The van der Waals surface area contributed by atoms with Gasteiger partial charge in [0.2, 0.25) is 0 Å². The summed E-state index contributed by atoms with van der Waals surface area (Å²) in [5, 5.41) is 12.5. The van der Waals surface area contributed by atoms with Crippen LogP contribution in [0.1, 0.15) is 23.2 Å². The molecule has 5 heteroatoms. The Hall–Kier alpha value is -1.64. The quantitative estimate of drug-likeness (QED) is 0.895. The number of methoxy groups -OCH3 is 1. The summed E-state index contributed by atoms with van der Waals surface area (Å²) in [6.45, 7) is 5.71. The molecule has 1 unspecified atom stereocenters. The van der Waals surface area contributed by atoms with E-state index in [1.54, 1.807) is 7.11 Å². The Balaban J connectivity index is 2.17. The summed E-state index contributed by atoms with van der Waals surface area (Å²) in [5.41, 5.74) is 2.11. The first-order valence-electron chi connectivity index (χ1n) is 6.35. The zero-order valence-electron chi connectivity index (χ0n) is 11.6. The van der Waals surface area contributed by atoms with Gasteiger partial charge in [0.25, 0.3) is 0 Å².